The summed E-state index contributed by atoms with van der Waals surface area (Å²) in [5, 5.41) is 3.22. The first-order valence-corrected chi connectivity index (χ1v) is 7.27. The zero-order valence-corrected chi connectivity index (χ0v) is 11.9. The Labute approximate surface area is 115 Å². The molecule has 0 amide bonds. The van der Waals surface area contributed by atoms with Gasteiger partial charge in [0.1, 0.15) is 0 Å². The summed E-state index contributed by atoms with van der Waals surface area (Å²) in [6, 6.07) is 6.76. The van der Waals surface area contributed by atoms with E-state index in [4.69, 9.17) is 5.73 Å². The minimum Gasteiger partial charge on any atom is -0.370 e. The van der Waals surface area contributed by atoms with Crippen LogP contribution < -0.4 is 11.1 Å². The Hall–Kier alpha value is -1.51. The molecule has 0 saturated heterocycles. The summed E-state index contributed by atoms with van der Waals surface area (Å²) in [5.41, 5.74) is 10.2. The molecule has 3 heteroatoms. The summed E-state index contributed by atoms with van der Waals surface area (Å²) in [6.45, 7) is 4.23. The van der Waals surface area contributed by atoms with Crippen molar-refractivity contribution >= 4 is 11.6 Å². The highest BCUT2D eigenvalue weighted by Crippen LogP contribution is 2.59. The molecule has 0 aliphatic heterocycles. The van der Waals surface area contributed by atoms with E-state index < -0.39 is 0 Å². The van der Waals surface area contributed by atoms with Crippen molar-refractivity contribution in [2.24, 2.45) is 16.1 Å². The number of aryl methyl sites for hydroxylation is 2. The molecular formula is C16H23N3. The number of nitrogens with one attached hydrogen (secondary N) is 1. The standard InChI is InChI=1S/C16H23N3/c1-11-5-6-13(9-12(11)2)18-15(17)19-14-10-16(14)7-3-4-8-16/h5-6,9,14H,3-4,7-8,10H2,1-2H3,(H3,17,18,19). The monoisotopic (exact) mass is 257 g/mol. The van der Waals surface area contributed by atoms with Gasteiger partial charge in [0.15, 0.2) is 5.96 Å². The average molecular weight is 257 g/mol. The van der Waals surface area contributed by atoms with Crippen LogP contribution in [0.1, 0.15) is 43.2 Å². The van der Waals surface area contributed by atoms with Crippen LogP contribution in [0, 0.1) is 19.3 Å². The van der Waals surface area contributed by atoms with Gasteiger partial charge in [0.25, 0.3) is 0 Å². The smallest absolute Gasteiger partial charge is 0.193 e. The van der Waals surface area contributed by atoms with E-state index in [0.29, 0.717) is 17.4 Å². The largest absolute Gasteiger partial charge is 0.370 e. The summed E-state index contributed by atoms with van der Waals surface area (Å²) in [6.07, 6.45) is 6.67. The van der Waals surface area contributed by atoms with Gasteiger partial charge >= 0.3 is 0 Å². The molecule has 3 rings (SSSR count). The summed E-state index contributed by atoms with van der Waals surface area (Å²) >= 11 is 0. The second-order valence-electron chi connectivity index (χ2n) is 6.23. The molecule has 1 aromatic carbocycles. The predicted octanol–water partition coefficient (Wildman–Crippen LogP) is 3.36. The maximum absolute atomic E-state index is 6.02. The molecule has 19 heavy (non-hydrogen) atoms. The molecule has 2 fully saturated rings. The van der Waals surface area contributed by atoms with Gasteiger partial charge in [0, 0.05) is 5.69 Å². The van der Waals surface area contributed by atoms with Crippen LogP contribution in [-0.2, 0) is 0 Å². The minimum absolute atomic E-state index is 0.467. The fourth-order valence-corrected chi connectivity index (χ4v) is 3.29. The Kier molecular flexibility index (Phi) is 3.00. The molecule has 3 nitrogen and oxygen atoms in total. The van der Waals surface area contributed by atoms with Crippen molar-refractivity contribution in [3.63, 3.8) is 0 Å². The first kappa shape index (κ1) is 12.5. The molecule has 1 unspecified atom stereocenters. The van der Waals surface area contributed by atoms with Crippen molar-refractivity contribution in [2.75, 3.05) is 5.32 Å². The summed E-state index contributed by atoms with van der Waals surface area (Å²) in [7, 11) is 0. The molecule has 0 heterocycles. The summed E-state index contributed by atoms with van der Waals surface area (Å²) in [5.74, 6) is 0.567. The van der Waals surface area contributed by atoms with Crippen LogP contribution in [0.15, 0.2) is 23.2 Å². The third-order valence-electron chi connectivity index (χ3n) is 4.82. The lowest BCUT2D eigenvalue weighted by Gasteiger charge is -2.09. The Morgan fingerprint density at radius 2 is 2.00 bits per heavy atom. The number of aliphatic imine (C=N–C) groups is 1. The first-order chi connectivity index (χ1) is 9.09. The van der Waals surface area contributed by atoms with Gasteiger partial charge in [-0.1, -0.05) is 18.9 Å². The second kappa shape index (κ2) is 4.55. The molecule has 1 aromatic rings. The number of benzene rings is 1. The van der Waals surface area contributed by atoms with Crippen LogP contribution >= 0.6 is 0 Å². The van der Waals surface area contributed by atoms with Gasteiger partial charge in [-0.2, -0.15) is 0 Å². The van der Waals surface area contributed by atoms with Crippen LogP contribution in [0.2, 0.25) is 0 Å². The van der Waals surface area contributed by atoms with Crippen molar-refractivity contribution in [2.45, 2.75) is 52.0 Å². The third kappa shape index (κ3) is 2.46. The van der Waals surface area contributed by atoms with Gasteiger partial charge in [-0.25, -0.2) is 4.99 Å². The maximum atomic E-state index is 6.02. The quantitative estimate of drug-likeness (QED) is 0.630. The molecule has 0 aromatic heterocycles. The Morgan fingerprint density at radius 3 is 2.68 bits per heavy atom. The van der Waals surface area contributed by atoms with Gasteiger partial charge in [-0.15, -0.1) is 0 Å². The van der Waals surface area contributed by atoms with Crippen molar-refractivity contribution < 1.29 is 0 Å². The number of rotatable bonds is 2. The van der Waals surface area contributed by atoms with Crippen molar-refractivity contribution in [1.82, 2.24) is 0 Å². The van der Waals surface area contributed by atoms with E-state index in [-0.39, 0.29) is 0 Å². The molecule has 102 valence electrons. The summed E-state index contributed by atoms with van der Waals surface area (Å²) in [4.78, 5) is 4.65. The molecule has 2 saturated carbocycles. The van der Waals surface area contributed by atoms with Gasteiger partial charge in [-0.05, 0) is 61.8 Å². The van der Waals surface area contributed by atoms with E-state index in [1.165, 1.54) is 43.2 Å². The molecule has 0 radical (unpaired) electrons. The summed E-state index contributed by atoms with van der Waals surface area (Å²) < 4.78 is 0. The van der Waals surface area contributed by atoms with Crippen molar-refractivity contribution in [3.05, 3.63) is 29.3 Å². The molecule has 1 atom stereocenters. The first-order valence-electron chi connectivity index (χ1n) is 7.27. The SMILES string of the molecule is Cc1ccc(NC(N)=NC2CC23CCCC3)cc1C. The fraction of sp³-hybridized carbons (Fsp3) is 0.562. The van der Waals surface area contributed by atoms with Gasteiger partial charge in [-0.3, -0.25) is 0 Å². The fourth-order valence-electron chi connectivity index (χ4n) is 3.29. The number of nitrogens with two attached hydrogens (primary N) is 1. The molecule has 1 spiro atoms. The maximum Gasteiger partial charge on any atom is 0.193 e. The Bertz CT molecular complexity index is 513. The van der Waals surface area contributed by atoms with E-state index in [2.05, 4.69) is 42.4 Å². The van der Waals surface area contributed by atoms with Gasteiger partial charge < -0.3 is 11.1 Å². The van der Waals surface area contributed by atoms with Crippen molar-refractivity contribution in [3.8, 4) is 0 Å². The number of guanidine groups is 1. The number of hydrogen-bond acceptors (Lipinski definition) is 1. The van der Waals surface area contributed by atoms with E-state index in [0.717, 1.165) is 5.69 Å². The van der Waals surface area contributed by atoms with Gasteiger partial charge in [0.2, 0.25) is 0 Å². The molecule has 2 aliphatic carbocycles. The van der Waals surface area contributed by atoms with E-state index in [1.807, 2.05) is 0 Å². The highest BCUT2D eigenvalue weighted by atomic mass is 15.1. The Morgan fingerprint density at radius 1 is 1.26 bits per heavy atom. The Balaban J connectivity index is 1.65. The second-order valence-corrected chi connectivity index (χ2v) is 6.23. The predicted molar refractivity (Wildman–Crippen MR) is 80.5 cm³/mol. The van der Waals surface area contributed by atoms with E-state index in [1.54, 1.807) is 0 Å². The number of anilines is 1. The lowest BCUT2D eigenvalue weighted by molar-refractivity contribution is 0.511. The molecule has 0 bridgehead atoms. The van der Waals surface area contributed by atoms with Crippen LogP contribution in [0.4, 0.5) is 5.69 Å². The van der Waals surface area contributed by atoms with E-state index in [9.17, 15) is 0 Å². The molecular weight excluding hydrogens is 234 g/mol. The highest BCUT2D eigenvalue weighted by Gasteiger charge is 2.55. The van der Waals surface area contributed by atoms with Crippen LogP contribution in [0.25, 0.3) is 0 Å². The van der Waals surface area contributed by atoms with Crippen LogP contribution in [0.3, 0.4) is 0 Å². The van der Waals surface area contributed by atoms with E-state index >= 15 is 0 Å². The lowest BCUT2D eigenvalue weighted by Crippen LogP contribution is -2.23. The average Bonchev–Trinajstić information content (AvgIpc) is 2.81. The third-order valence-corrected chi connectivity index (χ3v) is 4.82. The lowest BCUT2D eigenvalue weighted by atomic mass is 10.1. The zero-order chi connectivity index (χ0) is 13.5. The number of hydrogen-bond donors (Lipinski definition) is 2. The topological polar surface area (TPSA) is 50.4 Å². The zero-order valence-electron chi connectivity index (χ0n) is 11.9. The van der Waals surface area contributed by atoms with Crippen LogP contribution in [-0.4, -0.2) is 12.0 Å². The minimum atomic E-state index is 0.467. The molecule has 3 N–H and O–H groups in total. The highest BCUT2D eigenvalue weighted by molar-refractivity contribution is 5.92. The normalized spacial score (nSPS) is 24.7. The number of nitrogens with zero attached hydrogens (tertiary/aromatic N) is 1. The van der Waals surface area contributed by atoms with Crippen molar-refractivity contribution in [1.29, 1.82) is 0 Å². The van der Waals surface area contributed by atoms with Crippen LogP contribution in [0.5, 0.6) is 0 Å². The molecule has 2 aliphatic rings. The van der Waals surface area contributed by atoms with Gasteiger partial charge in [0.05, 0.1) is 6.04 Å².